The van der Waals surface area contributed by atoms with Crippen LogP contribution in [-0.2, 0) is 4.79 Å². The first-order chi connectivity index (χ1) is 10.5. The predicted molar refractivity (Wildman–Crippen MR) is 86.0 cm³/mol. The Morgan fingerprint density at radius 3 is 2.55 bits per heavy atom. The number of rotatable bonds is 4. The highest BCUT2D eigenvalue weighted by atomic mass is 35.5. The Morgan fingerprint density at radius 2 is 1.91 bits per heavy atom. The van der Waals surface area contributed by atoms with E-state index < -0.39 is 5.54 Å². The van der Waals surface area contributed by atoms with Gasteiger partial charge in [0.15, 0.2) is 0 Å². The highest BCUT2D eigenvalue weighted by Gasteiger charge is 2.37. The maximum Gasteiger partial charge on any atom is 0.253 e. The molecule has 2 fully saturated rings. The lowest BCUT2D eigenvalue weighted by molar-refractivity contribution is -0.121. The summed E-state index contributed by atoms with van der Waals surface area (Å²) in [6.45, 7) is 0. The van der Waals surface area contributed by atoms with E-state index in [9.17, 15) is 9.59 Å². The molecule has 0 aliphatic heterocycles. The molecule has 2 aliphatic carbocycles. The summed E-state index contributed by atoms with van der Waals surface area (Å²) in [4.78, 5) is 24.5. The Morgan fingerprint density at radius 1 is 1.23 bits per heavy atom. The molecule has 118 valence electrons. The van der Waals surface area contributed by atoms with E-state index in [0.717, 1.165) is 25.7 Å². The minimum absolute atomic E-state index is 0.194. The Balaban J connectivity index is 1.73. The lowest BCUT2D eigenvalue weighted by atomic mass is 9.98. The Bertz CT molecular complexity index is 607. The Kier molecular flexibility index (Phi) is 4.10. The molecule has 2 amide bonds. The van der Waals surface area contributed by atoms with Crippen molar-refractivity contribution < 1.29 is 9.59 Å². The van der Waals surface area contributed by atoms with Crippen molar-refractivity contribution in [1.82, 2.24) is 5.32 Å². The van der Waals surface area contributed by atoms with Crippen molar-refractivity contribution in [2.75, 3.05) is 5.32 Å². The summed E-state index contributed by atoms with van der Waals surface area (Å²) in [6.07, 6.45) is 5.35. The smallest absolute Gasteiger partial charge is 0.253 e. The monoisotopic (exact) mass is 321 g/mol. The van der Waals surface area contributed by atoms with E-state index in [2.05, 4.69) is 10.6 Å². The first-order valence-electron chi connectivity index (χ1n) is 7.69. The van der Waals surface area contributed by atoms with Crippen molar-refractivity contribution in [2.24, 2.45) is 5.73 Å². The number of hydrogen-bond acceptors (Lipinski definition) is 3. The molecule has 5 nitrogen and oxygen atoms in total. The molecule has 6 heteroatoms. The van der Waals surface area contributed by atoms with Crippen LogP contribution in [0.1, 0.15) is 48.9 Å². The van der Waals surface area contributed by atoms with Crippen LogP contribution in [0.15, 0.2) is 18.2 Å². The molecule has 3 rings (SSSR count). The summed E-state index contributed by atoms with van der Waals surface area (Å²) in [5.74, 6) is -0.396. The normalized spacial score (nSPS) is 19.7. The quantitative estimate of drug-likeness (QED) is 0.796. The number of anilines is 1. The second-order valence-corrected chi connectivity index (χ2v) is 6.67. The summed E-state index contributed by atoms with van der Waals surface area (Å²) >= 11 is 6.09. The van der Waals surface area contributed by atoms with Gasteiger partial charge in [-0.1, -0.05) is 24.4 Å². The van der Waals surface area contributed by atoms with Gasteiger partial charge in [0.2, 0.25) is 5.91 Å². The number of hydrogen-bond donors (Lipinski definition) is 3. The van der Waals surface area contributed by atoms with E-state index in [4.69, 9.17) is 17.3 Å². The van der Waals surface area contributed by atoms with Crippen LogP contribution < -0.4 is 16.4 Å². The SMILES string of the molecule is NC1(C(=O)Nc2ccc(Cl)c(C(=O)NC3CC3)c2)CCCC1. The molecule has 2 saturated carbocycles. The van der Waals surface area contributed by atoms with E-state index in [-0.39, 0.29) is 17.9 Å². The molecule has 4 N–H and O–H groups in total. The van der Waals surface area contributed by atoms with Gasteiger partial charge in [-0.3, -0.25) is 9.59 Å². The first-order valence-corrected chi connectivity index (χ1v) is 8.06. The molecule has 0 saturated heterocycles. The minimum atomic E-state index is -0.796. The van der Waals surface area contributed by atoms with Gasteiger partial charge < -0.3 is 16.4 Å². The highest BCUT2D eigenvalue weighted by Crippen LogP contribution is 2.29. The maximum absolute atomic E-state index is 12.3. The van der Waals surface area contributed by atoms with Crippen molar-refractivity contribution in [3.8, 4) is 0 Å². The van der Waals surface area contributed by atoms with Crippen molar-refractivity contribution in [3.63, 3.8) is 0 Å². The molecule has 0 radical (unpaired) electrons. The predicted octanol–water partition coefficient (Wildman–Crippen LogP) is 2.44. The summed E-state index contributed by atoms with van der Waals surface area (Å²) < 4.78 is 0. The van der Waals surface area contributed by atoms with Crippen LogP contribution in [0.4, 0.5) is 5.69 Å². The number of benzene rings is 1. The Labute approximate surface area is 134 Å². The van der Waals surface area contributed by atoms with Gasteiger partial charge in [0.25, 0.3) is 5.91 Å². The molecular weight excluding hydrogens is 302 g/mol. The first kappa shape index (κ1) is 15.3. The van der Waals surface area contributed by atoms with Gasteiger partial charge in [0.1, 0.15) is 0 Å². The molecule has 0 unspecified atom stereocenters. The standard InChI is InChI=1S/C16H20ClN3O2/c17-13-6-5-11(9-12(13)14(21)19-10-3-4-10)20-15(22)16(18)7-1-2-8-16/h5-6,9-10H,1-4,7-8,18H2,(H,19,21)(H,20,22). The van der Waals surface area contributed by atoms with Crippen molar-refractivity contribution in [3.05, 3.63) is 28.8 Å². The topological polar surface area (TPSA) is 84.2 Å². The van der Waals surface area contributed by atoms with E-state index in [1.165, 1.54) is 0 Å². The van der Waals surface area contributed by atoms with Crippen LogP contribution in [0.5, 0.6) is 0 Å². The molecule has 0 atom stereocenters. The van der Waals surface area contributed by atoms with Crippen LogP contribution in [0.25, 0.3) is 0 Å². The average Bonchev–Trinajstić information content (AvgIpc) is 3.18. The zero-order chi connectivity index (χ0) is 15.7. The molecule has 0 aromatic heterocycles. The third-order valence-electron chi connectivity index (χ3n) is 4.33. The number of halogens is 1. The van der Waals surface area contributed by atoms with Gasteiger partial charge in [0, 0.05) is 11.7 Å². The number of nitrogens with one attached hydrogen (secondary N) is 2. The third kappa shape index (κ3) is 3.25. The summed E-state index contributed by atoms with van der Waals surface area (Å²) in [6, 6.07) is 5.17. The zero-order valence-corrected chi connectivity index (χ0v) is 13.1. The lowest BCUT2D eigenvalue weighted by Gasteiger charge is -2.22. The number of nitrogens with two attached hydrogens (primary N) is 1. The second-order valence-electron chi connectivity index (χ2n) is 6.26. The van der Waals surface area contributed by atoms with Crippen LogP contribution in [-0.4, -0.2) is 23.4 Å². The number of carbonyl (C=O) groups excluding carboxylic acids is 2. The van der Waals surface area contributed by atoms with Crippen LogP contribution in [0.2, 0.25) is 5.02 Å². The van der Waals surface area contributed by atoms with Gasteiger partial charge in [-0.2, -0.15) is 0 Å². The molecule has 22 heavy (non-hydrogen) atoms. The zero-order valence-electron chi connectivity index (χ0n) is 12.3. The highest BCUT2D eigenvalue weighted by molar-refractivity contribution is 6.34. The van der Waals surface area contributed by atoms with Gasteiger partial charge >= 0.3 is 0 Å². The van der Waals surface area contributed by atoms with E-state index in [1.54, 1.807) is 18.2 Å². The second kappa shape index (κ2) is 5.89. The van der Waals surface area contributed by atoms with Crippen molar-refractivity contribution in [2.45, 2.75) is 50.1 Å². The molecule has 0 spiro atoms. The van der Waals surface area contributed by atoms with E-state index in [1.807, 2.05) is 0 Å². The van der Waals surface area contributed by atoms with Crippen LogP contribution in [0.3, 0.4) is 0 Å². The lowest BCUT2D eigenvalue weighted by Crippen LogP contribution is -2.48. The molecular formula is C16H20ClN3O2. The molecule has 2 aliphatic rings. The number of amides is 2. The Hall–Kier alpha value is -1.59. The minimum Gasteiger partial charge on any atom is -0.349 e. The molecule has 1 aromatic rings. The van der Waals surface area contributed by atoms with Gasteiger partial charge in [0.05, 0.1) is 16.1 Å². The average molecular weight is 322 g/mol. The summed E-state index contributed by atoms with van der Waals surface area (Å²) in [5, 5.41) is 6.08. The fraction of sp³-hybridized carbons (Fsp3) is 0.500. The van der Waals surface area contributed by atoms with E-state index in [0.29, 0.717) is 29.1 Å². The van der Waals surface area contributed by atoms with Gasteiger partial charge in [-0.15, -0.1) is 0 Å². The molecule has 0 heterocycles. The summed E-state index contributed by atoms with van der Waals surface area (Å²) in [7, 11) is 0. The maximum atomic E-state index is 12.3. The van der Waals surface area contributed by atoms with Crippen LogP contribution >= 0.6 is 11.6 Å². The fourth-order valence-corrected chi connectivity index (χ4v) is 2.96. The molecule has 0 bridgehead atoms. The fourth-order valence-electron chi connectivity index (χ4n) is 2.76. The van der Waals surface area contributed by atoms with Gasteiger partial charge in [-0.25, -0.2) is 0 Å². The summed E-state index contributed by atoms with van der Waals surface area (Å²) in [5.41, 5.74) is 6.27. The number of carbonyl (C=O) groups is 2. The largest absolute Gasteiger partial charge is 0.349 e. The van der Waals surface area contributed by atoms with E-state index >= 15 is 0 Å². The van der Waals surface area contributed by atoms with Crippen LogP contribution in [0, 0.1) is 0 Å². The van der Waals surface area contributed by atoms with Crippen molar-refractivity contribution >= 4 is 29.1 Å². The third-order valence-corrected chi connectivity index (χ3v) is 4.66. The van der Waals surface area contributed by atoms with Gasteiger partial charge in [-0.05, 0) is 43.9 Å². The van der Waals surface area contributed by atoms with Crippen molar-refractivity contribution in [1.29, 1.82) is 0 Å². The molecule has 1 aromatic carbocycles.